The third-order valence-electron chi connectivity index (χ3n) is 4.22. The number of aromatic nitrogens is 5. The molecule has 0 unspecified atom stereocenters. The number of hydrazone groups is 1. The molecule has 0 fully saturated rings. The number of nitrogens with zero attached hydrogens (tertiary/aromatic N) is 6. The number of anilines is 1. The van der Waals surface area contributed by atoms with Crippen molar-refractivity contribution >= 4 is 29.0 Å². The number of halogens is 1. The van der Waals surface area contributed by atoms with Gasteiger partial charge < -0.3 is 5.73 Å². The summed E-state index contributed by atoms with van der Waals surface area (Å²) in [5.74, 6) is -0.544. The molecule has 0 aliphatic carbocycles. The monoisotopic (exact) mass is 422 g/mol. The average molecular weight is 423 g/mol. The Morgan fingerprint density at radius 2 is 1.87 bits per heavy atom. The van der Waals surface area contributed by atoms with E-state index in [4.69, 9.17) is 17.3 Å². The van der Waals surface area contributed by atoms with E-state index in [0.717, 1.165) is 10.2 Å². The summed E-state index contributed by atoms with van der Waals surface area (Å²) in [5, 5.41) is 20.2. The molecule has 2 heterocycles. The first-order valence-corrected chi connectivity index (χ1v) is 9.12. The standard InChI is InChI=1S/C19H15ClN8O2/c1-11(12-7-9-14(20)10-8-12)22-24-19(29)16-15(13-5-3-2-4-6-13)23-27-28(16)18-17(21)25-30-26-18/h2-10H,1H3,(H2,21,25)(H,24,29)/b22-11+. The van der Waals surface area contributed by atoms with Gasteiger partial charge in [-0.15, -0.1) is 5.10 Å². The lowest BCUT2D eigenvalue weighted by Crippen LogP contribution is -2.23. The molecule has 1 amide bonds. The number of rotatable bonds is 5. The highest BCUT2D eigenvalue weighted by atomic mass is 35.5. The molecule has 150 valence electrons. The summed E-state index contributed by atoms with van der Waals surface area (Å²) >= 11 is 5.91. The van der Waals surface area contributed by atoms with Crippen molar-refractivity contribution in [2.24, 2.45) is 5.10 Å². The van der Waals surface area contributed by atoms with Gasteiger partial charge in [-0.2, -0.15) is 9.78 Å². The lowest BCUT2D eigenvalue weighted by atomic mass is 10.1. The zero-order valence-corrected chi connectivity index (χ0v) is 16.4. The fourth-order valence-corrected chi connectivity index (χ4v) is 2.83. The Hall–Kier alpha value is -4.05. The number of amides is 1. The predicted octanol–water partition coefficient (Wildman–Crippen LogP) is 2.71. The molecule has 0 aliphatic rings. The highest BCUT2D eigenvalue weighted by Gasteiger charge is 2.25. The number of nitrogens with two attached hydrogens (primary N) is 1. The molecule has 30 heavy (non-hydrogen) atoms. The van der Waals surface area contributed by atoms with Crippen molar-refractivity contribution in [2.75, 3.05) is 5.73 Å². The lowest BCUT2D eigenvalue weighted by Gasteiger charge is -2.06. The zero-order valence-electron chi connectivity index (χ0n) is 15.7. The summed E-state index contributed by atoms with van der Waals surface area (Å²) < 4.78 is 5.79. The molecule has 2 aromatic heterocycles. The van der Waals surface area contributed by atoms with E-state index in [2.05, 4.69) is 35.8 Å². The topological polar surface area (TPSA) is 137 Å². The van der Waals surface area contributed by atoms with E-state index in [-0.39, 0.29) is 17.3 Å². The Bertz CT molecular complexity index is 1220. The van der Waals surface area contributed by atoms with Crippen LogP contribution < -0.4 is 11.2 Å². The van der Waals surface area contributed by atoms with Gasteiger partial charge >= 0.3 is 0 Å². The van der Waals surface area contributed by atoms with E-state index < -0.39 is 5.91 Å². The normalized spacial score (nSPS) is 11.5. The molecular weight excluding hydrogens is 408 g/mol. The van der Waals surface area contributed by atoms with Gasteiger partial charge in [0.1, 0.15) is 5.69 Å². The number of hydrogen-bond acceptors (Lipinski definition) is 8. The maximum Gasteiger partial charge on any atom is 0.292 e. The third-order valence-corrected chi connectivity index (χ3v) is 4.47. The Labute approximate surface area is 175 Å². The predicted molar refractivity (Wildman–Crippen MR) is 110 cm³/mol. The van der Waals surface area contributed by atoms with Crippen LogP contribution in [0, 0.1) is 0 Å². The molecule has 0 saturated carbocycles. The summed E-state index contributed by atoms with van der Waals surface area (Å²) in [4.78, 5) is 13.1. The minimum Gasteiger partial charge on any atom is -0.378 e. The van der Waals surface area contributed by atoms with E-state index in [1.807, 2.05) is 18.2 Å². The zero-order chi connectivity index (χ0) is 21.1. The van der Waals surface area contributed by atoms with Gasteiger partial charge in [-0.1, -0.05) is 59.3 Å². The average Bonchev–Trinajstić information content (AvgIpc) is 3.39. The van der Waals surface area contributed by atoms with E-state index >= 15 is 0 Å². The summed E-state index contributed by atoms with van der Waals surface area (Å²) in [6.07, 6.45) is 0. The van der Waals surface area contributed by atoms with Crippen molar-refractivity contribution in [3.05, 3.63) is 70.9 Å². The SMILES string of the molecule is C/C(=N\NC(=O)c1c(-c2ccccc2)nnn1-c1nonc1N)c1ccc(Cl)cc1. The Morgan fingerprint density at radius 1 is 1.13 bits per heavy atom. The fraction of sp³-hybridized carbons (Fsp3) is 0.0526. The number of nitrogens with one attached hydrogen (secondary N) is 1. The van der Waals surface area contributed by atoms with E-state index in [1.165, 1.54) is 0 Å². The van der Waals surface area contributed by atoms with Crippen molar-refractivity contribution in [2.45, 2.75) is 6.92 Å². The smallest absolute Gasteiger partial charge is 0.292 e. The van der Waals surface area contributed by atoms with Gasteiger partial charge in [0, 0.05) is 10.6 Å². The van der Waals surface area contributed by atoms with Gasteiger partial charge in [-0.25, -0.2) is 10.1 Å². The first-order valence-electron chi connectivity index (χ1n) is 8.74. The second kappa shape index (κ2) is 8.13. The molecule has 0 aliphatic heterocycles. The molecule has 4 aromatic rings. The molecule has 0 radical (unpaired) electrons. The number of carbonyl (C=O) groups is 1. The lowest BCUT2D eigenvalue weighted by molar-refractivity contribution is 0.0947. The van der Waals surface area contributed by atoms with Gasteiger partial charge in [-0.05, 0) is 34.9 Å². The summed E-state index contributed by atoms with van der Waals surface area (Å²) in [5.41, 5.74) is 10.8. The minimum absolute atomic E-state index is 0.0330. The van der Waals surface area contributed by atoms with Crippen LogP contribution in [-0.4, -0.2) is 36.9 Å². The van der Waals surface area contributed by atoms with Gasteiger partial charge in [-0.3, -0.25) is 4.79 Å². The summed E-state index contributed by atoms with van der Waals surface area (Å²) in [6, 6.07) is 16.2. The molecule has 0 atom stereocenters. The summed E-state index contributed by atoms with van der Waals surface area (Å²) in [6.45, 7) is 1.76. The maximum absolute atomic E-state index is 13.1. The minimum atomic E-state index is -0.561. The quantitative estimate of drug-likeness (QED) is 0.372. The highest BCUT2D eigenvalue weighted by Crippen LogP contribution is 2.24. The van der Waals surface area contributed by atoms with E-state index in [1.54, 1.807) is 43.3 Å². The van der Waals surface area contributed by atoms with Crippen LogP contribution in [-0.2, 0) is 0 Å². The molecule has 3 N–H and O–H groups in total. The van der Waals surface area contributed by atoms with Crippen LogP contribution >= 0.6 is 11.6 Å². The fourth-order valence-electron chi connectivity index (χ4n) is 2.71. The Kier molecular flexibility index (Phi) is 5.22. The van der Waals surface area contributed by atoms with Crippen LogP contribution in [0.2, 0.25) is 5.02 Å². The van der Waals surface area contributed by atoms with Crippen molar-refractivity contribution < 1.29 is 9.42 Å². The number of carbonyl (C=O) groups excluding carboxylic acids is 1. The van der Waals surface area contributed by atoms with Crippen molar-refractivity contribution in [1.29, 1.82) is 0 Å². The largest absolute Gasteiger partial charge is 0.378 e. The molecule has 10 nitrogen and oxygen atoms in total. The molecule has 2 aromatic carbocycles. The third kappa shape index (κ3) is 3.76. The second-order valence-electron chi connectivity index (χ2n) is 6.18. The van der Waals surface area contributed by atoms with Crippen LogP contribution in [0.3, 0.4) is 0 Å². The van der Waals surface area contributed by atoms with Crippen LogP contribution in [0.4, 0.5) is 5.82 Å². The molecular formula is C19H15ClN8O2. The van der Waals surface area contributed by atoms with Gasteiger partial charge in [0.25, 0.3) is 5.91 Å². The number of hydrogen-bond donors (Lipinski definition) is 2. The molecule has 0 bridgehead atoms. The molecule has 4 rings (SSSR count). The van der Waals surface area contributed by atoms with Crippen LogP contribution in [0.5, 0.6) is 0 Å². The van der Waals surface area contributed by atoms with Crippen molar-refractivity contribution in [1.82, 2.24) is 30.7 Å². The molecule has 0 saturated heterocycles. The van der Waals surface area contributed by atoms with E-state index in [9.17, 15) is 4.79 Å². The van der Waals surface area contributed by atoms with Gasteiger partial charge in [0.05, 0.1) is 5.71 Å². The van der Waals surface area contributed by atoms with Gasteiger partial charge in [0.15, 0.2) is 5.69 Å². The van der Waals surface area contributed by atoms with E-state index in [0.29, 0.717) is 22.0 Å². The molecule has 11 heteroatoms. The number of nitrogen functional groups attached to an aromatic ring is 1. The maximum atomic E-state index is 13.1. The summed E-state index contributed by atoms with van der Waals surface area (Å²) in [7, 11) is 0. The van der Waals surface area contributed by atoms with Crippen LogP contribution in [0.1, 0.15) is 23.0 Å². The van der Waals surface area contributed by atoms with Gasteiger partial charge in [0.2, 0.25) is 11.6 Å². The van der Waals surface area contributed by atoms with Crippen molar-refractivity contribution in [3.63, 3.8) is 0 Å². The second-order valence-corrected chi connectivity index (χ2v) is 6.62. The molecule has 0 spiro atoms. The Morgan fingerprint density at radius 3 is 2.53 bits per heavy atom. The van der Waals surface area contributed by atoms with Crippen molar-refractivity contribution in [3.8, 4) is 17.1 Å². The first-order chi connectivity index (χ1) is 14.5. The highest BCUT2D eigenvalue weighted by molar-refractivity contribution is 6.30. The van der Waals surface area contributed by atoms with Crippen LogP contribution in [0.15, 0.2) is 64.3 Å². The number of benzene rings is 2. The van der Waals surface area contributed by atoms with Crippen LogP contribution in [0.25, 0.3) is 17.1 Å². The first kappa shape index (κ1) is 19.3. The Balaban J connectivity index is 1.72.